The maximum absolute atomic E-state index is 5.02. The number of hydrogen-bond acceptors (Lipinski definition) is 4. The van der Waals surface area contributed by atoms with Crippen molar-refractivity contribution in [1.82, 2.24) is 10.3 Å². The minimum atomic E-state index is 0.585. The average Bonchev–Trinajstić information content (AvgIpc) is 3.22. The van der Waals surface area contributed by atoms with Gasteiger partial charge >= 0.3 is 0 Å². The molecule has 1 saturated carbocycles. The third-order valence-corrected chi connectivity index (χ3v) is 5.25. The first-order valence-electron chi connectivity index (χ1n) is 8.12. The van der Waals surface area contributed by atoms with Crippen LogP contribution in [0.3, 0.4) is 0 Å². The first-order valence-corrected chi connectivity index (χ1v) is 8.93. The molecule has 1 N–H and O–H groups in total. The van der Waals surface area contributed by atoms with Gasteiger partial charge in [0.15, 0.2) is 5.13 Å². The number of aromatic nitrogens is 1. The lowest BCUT2D eigenvalue weighted by molar-refractivity contribution is 0.593. The highest BCUT2D eigenvalue weighted by atomic mass is 32.1. The summed E-state index contributed by atoms with van der Waals surface area (Å²) in [4.78, 5) is 9.00. The van der Waals surface area contributed by atoms with Crippen molar-refractivity contribution in [2.45, 2.75) is 71.4 Å². The topological polar surface area (TPSA) is 28.2 Å². The monoisotopic (exact) mass is 295 g/mol. The van der Waals surface area contributed by atoms with Crippen LogP contribution in [-0.4, -0.2) is 24.6 Å². The van der Waals surface area contributed by atoms with E-state index in [1.165, 1.54) is 47.8 Å². The number of thiazole rings is 1. The van der Waals surface area contributed by atoms with E-state index in [1.807, 2.05) is 18.4 Å². The first kappa shape index (κ1) is 15.8. The zero-order chi connectivity index (χ0) is 14.5. The fourth-order valence-electron chi connectivity index (χ4n) is 2.49. The van der Waals surface area contributed by atoms with Crippen LogP contribution in [0.2, 0.25) is 0 Å². The van der Waals surface area contributed by atoms with E-state index in [2.05, 4.69) is 31.0 Å². The molecular weight excluding hydrogens is 266 g/mol. The van der Waals surface area contributed by atoms with E-state index in [-0.39, 0.29) is 0 Å². The number of anilines is 1. The highest BCUT2D eigenvalue weighted by molar-refractivity contribution is 7.15. The summed E-state index contributed by atoms with van der Waals surface area (Å²) in [5.74, 6) is 0.744. The number of unbranched alkanes of at least 4 members (excludes halogenated alkanes) is 1. The molecule has 1 fully saturated rings. The second kappa shape index (κ2) is 7.41. The molecule has 0 saturated heterocycles. The van der Waals surface area contributed by atoms with Gasteiger partial charge in [-0.05, 0) is 39.7 Å². The van der Waals surface area contributed by atoms with E-state index >= 15 is 0 Å². The van der Waals surface area contributed by atoms with Gasteiger partial charge in [0.05, 0.1) is 5.69 Å². The van der Waals surface area contributed by atoms with Crippen LogP contribution >= 0.6 is 11.3 Å². The third-order valence-electron chi connectivity index (χ3n) is 4.14. The molecule has 3 nitrogen and oxygen atoms in total. The lowest BCUT2D eigenvalue weighted by Gasteiger charge is -2.28. The number of hydrogen-bond donors (Lipinski definition) is 1. The molecule has 1 aliphatic rings. The quantitative estimate of drug-likeness (QED) is 0.742. The van der Waals surface area contributed by atoms with E-state index in [0.29, 0.717) is 6.04 Å². The molecule has 1 heterocycles. The second-order valence-electron chi connectivity index (χ2n) is 5.91. The van der Waals surface area contributed by atoms with Gasteiger partial charge in [0.1, 0.15) is 0 Å². The Morgan fingerprint density at radius 1 is 1.40 bits per heavy atom. The Morgan fingerprint density at radius 3 is 2.70 bits per heavy atom. The van der Waals surface area contributed by atoms with Crippen LogP contribution in [0, 0.1) is 0 Å². The minimum absolute atomic E-state index is 0.585. The summed E-state index contributed by atoms with van der Waals surface area (Å²) in [5, 5.41) is 4.55. The number of nitrogens with zero attached hydrogens (tertiary/aromatic N) is 2. The predicted molar refractivity (Wildman–Crippen MR) is 88.9 cm³/mol. The van der Waals surface area contributed by atoms with E-state index in [9.17, 15) is 0 Å². The van der Waals surface area contributed by atoms with Crippen LogP contribution in [-0.2, 0) is 6.54 Å². The molecule has 0 aliphatic heterocycles. The maximum Gasteiger partial charge on any atom is 0.186 e. The van der Waals surface area contributed by atoms with Gasteiger partial charge in [0.25, 0.3) is 0 Å². The lowest BCUT2D eigenvalue weighted by atomic mass is 10.2. The SMILES string of the molecule is CCCCN(c1nc(C2CC2)c(CNC)s1)C(C)CC. The normalized spacial score (nSPS) is 16.4. The molecule has 0 amide bonds. The van der Waals surface area contributed by atoms with Gasteiger partial charge in [-0.25, -0.2) is 4.98 Å². The zero-order valence-electron chi connectivity index (χ0n) is 13.4. The minimum Gasteiger partial charge on any atom is -0.345 e. The van der Waals surface area contributed by atoms with Crippen LogP contribution < -0.4 is 10.2 Å². The fraction of sp³-hybridized carbons (Fsp3) is 0.812. The highest BCUT2D eigenvalue weighted by Crippen LogP contribution is 2.44. The molecule has 1 aromatic heterocycles. The van der Waals surface area contributed by atoms with Gasteiger partial charge in [-0.2, -0.15) is 0 Å². The molecule has 1 atom stereocenters. The summed E-state index contributed by atoms with van der Waals surface area (Å²) in [5.41, 5.74) is 1.38. The van der Waals surface area contributed by atoms with Gasteiger partial charge in [-0.3, -0.25) is 0 Å². The highest BCUT2D eigenvalue weighted by Gasteiger charge is 2.30. The van der Waals surface area contributed by atoms with Crippen molar-refractivity contribution in [3.05, 3.63) is 10.6 Å². The van der Waals surface area contributed by atoms with Crippen LogP contribution in [0.5, 0.6) is 0 Å². The van der Waals surface area contributed by atoms with Crippen molar-refractivity contribution in [2.24, 2.45) is 0 Å². The Bertz CT molecular complexity index is 412. The van der Waals surface area contributed by atoms with Crippen molar-refractivity contribution in [2.75, 3.05) is 18.5 Å². The van der Waals surface area contributed by atoms with Gasteiger partial charge in [0.2, 0.25) is 0 Å². The van der Waals surface area contributed by atoms with Crippen molar-refractivity contribution in [1.29, 1.82) is 0 Å². The van der Waals surface area contributed by atoms with Gasteiger partial charge in [-0.15, -0.1) is 11.3 Å². The molecule has 1 aliphatic carbocycles. The lowest BCUT2D eigenvalue weighted by Crippen LogP contribution is -2.33. The molecule has 2 rings (SSSR count). The smallest absolute Gasteiger partial charge is 0.186 e. The predicted octanol–water partition coefficient (Wildman–Crippen LogP) is 4.14. The Balaban J connectivity index is 2.20. The van der Waals surface area contributed by atoms with Crippen molar-refractivity contribution in [3.63, 3.8) is 0 Å². The van der Waals surface area contributed by atoms with Gasteiger partial charge in [0, 0.05) is 29.9 Å². The molecule has 0 radical (unpaired) electrons. The maximum atomic E-state index is 5.02. The summed E-state index contributed by atoms with van der Waals surface area (Å²) >= 11 is 1.91. The van der Waals surface area contributed by atoms with Crippen LogP contribution in [0.25, 0.3) is 0 Å². The second-order valence-corrected chi connectivity index (χ2v) is 6.98. The molecule has 20 heavy (non-hydrogen) atoms. The van der Waals surface area contributed by atoms with E-state index < -0.39 is 0 Å². The number of nitrogens with one attached hydrogen (secondary N) is 1. The zero-order valence-corrected chi connectivity index (χ0v) is 14.2. The number of rotatable bonds is 9. The van der Waals surface area contributed by atoms with Gasteiger partial charge < -0.3 is 10.2 Å². The van der Waals surface area contributed by atoms with Crippen LogP contribution in [0.4, 0.5) is 5.13 Å². The molecule has 114 valence electrons. The van der Waals surface area contributed by atoms with E-state index in [4.69, 9.17) is 4.98 Å². The Labute approximate surface area is 127 Å². The van der Waals surface area contributed by atoms with Crippen molar-refractivity contribution >= 4 is 16.5 Å². The summed E-state index contributed by atoms with van der Waals surface area (Å²) in [6.45, 7) is 8.96. The first-order chi connectivity index (χ1) is 9.71. The van der Waals surface area contributed by atoms with Crippen molar-refractivity contribution < 1.29 is 0 Å². The fourth-order valence-corrected chi connectivity index (χ4v) is 3.78. The Hall–Kier alpha value is -0.610. The molecular formula is C16H29N3S. The molecule has 0 bridgehead atoms. The van der Waals surface area contributed by atoms with Crippen LogP contribution in [0.15, 0.2) is 0 Å². The standard InChI is InChI=1S/C16H29N3S/c1-5-7-10-19(12(3)6-2)16-18-15(13-8-9-13)14(20-16)11-17-4/h12-13,17H,5-11H2,1-4H3. The molecule has 0 aromatic carbocycles. The molecule has 1 aromatic rings. The van der Waals surface area contributed by atoms with E-state index in [0.717, 1.165) is 19.0 Å². The largest absolute Gasteiger partial charge is 0.345 e. The Kier molecular flexibility index (Phi) is 5.85. The summed E-state index contributed by atoms with van der Waals surface area (Å²) in [6.07, 6.45) is 6.35. The van der Waals surface area contributed by atoms with Crippen LogP contribution in [0.1, 0.15) is 69.4 Å². The van der Waals surface area contributed by atoms with E-state index in [1.54, 1.807) is 0 Å². The summed E-state index contributed by atoms with van der Waals surface area (Å²) < 4.78 is 0. The Morgan fingerprint density at radius 2 is 2.15 bits per heavy atom. The average molecular weight is 295 g/mol. The molecule has 0 spiro atoms. The molecule has 1 unspecified atom stereocenters. The molecule has 4 heteroatoms. The third kappa shape index (κ3) is 3.73. The summed E-state index contributed by atoms with van der Waals surface area (Å²) in [6, 6.07) is 0.585. The van der Waals surface area contributed by atoms with Gasteiger partial charge in [-0.1, -0.05) is 20.3 Å². The van der Waals surface area contributed by atoms with Crippen molar-refractivity contribution in [3.8, 4) is 0 Å². The summed E-state index contributed by atoms with van der Waals surface area (Å²) in [7, 11) is 2.03.